The fraction of sp³-hybridized carbons (Fsp3) is 0.450. The number of nitro groups is 1. The van der Waals surface area contributed by atoms with Crippen LogP contribution in [0.1, 0.15) is 16.2 Å². The highest BCUT2D eigenvalue weighted by Gasteiger charge is 2.28. The minimum Gasteiger partial charge on any atom is -0.378 e. The molecule has 0 bridgehead atoms. The number of carbonyl (C=O) groups is 1. The van der Waals surface area contributed by atoms with Crippen molar-refractivity contribution in [3.63, 3.8) is 0 Å². The van der Waals surface area contributed by atoms with Crippen molar-refractivity contribution in [1.82, 2.24) is 14.9 Å². The normalized spacial score (nSPS) is 17.2. The molecule has 0 unspecified atom stereocenters. The highest BCUT2D eigenvalue weighted by atomic mass is 16.6. The van der Waals surface area contributed by atoms with Gasteiger partial charge >= 0.3 is 0 Å². The summed E-state index contributed by atoms with van der Waals surface area (Å²) < 4.78 is 5.42. The number of morpholine rings is 1. The Hall–Kier alpha value is -3.27. The average Bonchev–Trinajstić information content (AvgIpc) is 2.79. The van der Waals surface area contributed by atoms with Crippen molar-refractivity contribution in [2.75, 3.05) is 62.3 Å². The molecule has 4 rings (SSSR count). The molecule has 0 atom stereocenters. The third-order valence-electron chi connectivity index (χ3n) is 5.37. The van der Waals surface area contributed by atoms with Crippen molar-refractivity contribution in [3.8, 4) is 0 Å². The van der Waals surface area contributed by atoms with Gasteiger partial charge in [0.1, 0.15) is 23.0 Å². The molecule has 0 N–H and O–H groups in total. The SMILES string of the molecule is Cc1nc(N2CCOCC2)cc(N2CCN(C(=O)c3ccccc3[N+](=O)[O-])CC2)n1. The number of amides is 1. The van der Waals surface area contributed by atoms with Crippen LogP contribution >= 0.6 is 0 Å². The number of piperazine rings is 1. The summed E-state index contributed by atoms with van der Waals surface area (Å²) in [5, 5.41) is 11.2. The molecule has 2 aliphatic rings. The monoisotopic (exact) mass is 412 g/mol. The third-order valence-corrected chi connectivity index (χ3v) is 5.37. The van der Waals surface area contributed by atoms with Crippen LogP contribution in [0.15, 0.2) is 30.3 Å². The van der Waals surface area contributed by atoms with Gasteiger partial charge in [-0.05, 0) is 13.0 Å². The summed E-state index contributed by atoms with van der Waals surface area (Å²) in [6.07, 6.45) is 0. The Morgan fingerprint density at radius 3 is 2.23 bits per heavy atom. The number of hydrogen-bond acceptors (Lipinski definition) is 8. The summed E-state index contributed by atoms with van der Waals surface area (Å²) in [6.45, 7) is 7.00. The Bertz CT molecular complexity index is 939. The topological polar surface area (TPSA) is 105 Å². The zero-order chi connectivity index (χ0) is 21.1. The van der Waals surface area contributed by atoms with Gasteiger partial charge in [0.15, 0.2) is 0 Å². The smallest absolute Gasteiger partial charge is 0.282 e. The zero-order valence-corrected chi connectivity index (χ0v) is 16.9. The van der Waals surface area contributed by atoms with Gasteiger partial charge in [-0.3, -0.25) is 14.9 Å². The molecule has 0 aliphatic carbocycles. The number of benzene rings is 1. The summed E-state index contributed by atoms with van der Waals surface area (Å²) >= 11 is 0. The number of carbonyl (C=O) groups excluding carboxylic acids is 1. The quantitative estimate of drug-likeness (QED) is 0.549. The first-order chi connectivity index (χ1) is 14.5. The van der Waals surface area contributed by atoms with Gasteiger partial charge in [0.05, 0.1) is 18.1 Å². The molecule has 30 heavy (non-hydrogen) atoms. The maximum absolute atomic E-state index is 12.8. The summed E-state index contributed by atoms with van der Waals surface area (Å²) in [5.74, 6) is 2.11. The third kappa shape index (κ3) is 4.18. The van der Waals surface area contributed by atoms with Crippen molar-refractivity contribution in [2.24, 2.45) is 0 Å². The maximum Gasteiger partial charge on any atom is 0.282 e. The predicted molar refractivity (Wildman–Crippen MR) is 111 cm³/mol. The molecule has 0 spiro atoms. The molecule has 3 heterocycles. The first-order valence-electron chi connectivity index (χ1n) is 9.99. The molecular weight excluding hydrogens is 388 g/mol. The molecular formula is C20H24N6O4. The van der Waals surface area contributed by atoms with Crippen molar-refractivity contribution in [2.45, 2.75) is 6.92 Å². The minimum atomic E-state index is -0.514. The van der Waals surface area contributed by atoms with Crippen molar-refractivity contribution in [1.29, 1.82) is 0 Å². The van der Waals surface area contributed by atoms with E-state index in [4.69, 9.17) is 4.74 Å². The second kappa shape index (κ2) is 8.62. The largest absolute Gasteiger partial charge is 0.378 e. The van der Waals surface area contributed by atoms with E-state index in [-0.39, 0.29) is 17.2 Å². The fourth-order valence-electron chi connectivity index (χ4n) is 3.78. The van der Waals surface area contributed by atoms with Crippen LogP contribution in [0.3, 0.4) is 0 Å². The van der Waals surface area contributed by atoms with Crippen LogP contribution < -0.4 is 9.80 Å². The number of nitro benzene ring substituents is 1. The van der Waals surface area contributed by atoms with Crippen LogP contribution in [0.5, 0.6) is 0 Å². The van der Waals surface area contributed by atoms with Gasteiger partial charge in [-0.15, -0.1) is 0 Å². The maximum atomic E-state index is 12.8. The number of anilines is 2. The van der Waals surface area contributed by atoms with E-state index < -0.39 is 4.92 Å². The van der Waals surface area contributed by atoms with Crippen molar-refractivity contribution in [3.05, 3.63) is 51.8 Å². The van der Waals surface area contributed by atoms with E-state index in [9.17, 15) is 14.9 Å². The minimum absolute atomic E-state index is 0.128. The Morgan fingerprint density at radius 2 is 1.60 bits per heavy atom. The number of aryl methyl sites for hydroxylation is 1. The molecule has 1 aromatic heterocycles. The number of nitrogens with zero attached hydrogens (tertiary/aromatic N) is 6. The Morgan fingerprint density at radius 1 is 1.00 bits per heavy atom. The van der Waals surface area contributed by atoms with Crippen LogP contribution in [-0.4, -0.2) is 78.2 Å². The molecule has 2 aliphatic heterocycles. The van der Waals surface area contributed by atoms with Crippen molar-refractivity contribution < 1.29 is 14.5 Å². The van der Waals surface area contributed by atoms with Crippen molar-refractivity contribution >= 4 is 23.2 Å². The highest BCUT2D eigenvalue weighted by molar-refractivity contribution is 5.98. The van der Waals surface area contributed by atoms with E-state index >= 15 is 0 Å². The second-order valence-corrected chi connectivity index (χ2v) is 7.28. The van der Waals surface area contributed by atoms with Crippen LogP contribution in [0, 0.1) is 17.0 Å². The van der Waals surface area contributed by atoms with Gasteiger partial charge in [-0.2, -0.15) is 0 Å². The average molecular weight is 412 g/mol. The predicted octanol–water partition coefficient (Wildman–Crippen LogP) is 1.49. The lowest BCUT2D eigenvalue weighted by atomic mass is 10.1. The summed E-state index contributed by atoms with van der Waals surface area (Å²) in [7, 11) is 0. The standard InChI is InChI=1S/C20H24N6O4/c1-15-21-18(14-19(22-15)24-10-12-30-13-11-24)23-6-8-25(9-7-23)20(27)16-4-2-3-5-17(16)26(28)29/h2-5,14H,6-13H2,1H3. The molecule has 0 radical (unpaired) electrons. The lowest BCUT2D eigenvalue weighted by molar-refractivity contribution is -0.385. The Labute approximate surface area is 174 Å². The highest BCUT2D eigenvalue weighted by Crippen LogP contribution is 2.23. The number of hydrogen-bond donors (Lipinski definition) is 0. The zero-order valence-electron chi connectivity index (χ0n) is 16.9. The molecule has 10 nitrogen and oxygen atoms in total. The molecule has 2 aromatic rings. The first kappa shape index (κ1) is 20.0. The fourth-order valence-corrected chi connectivity index (χ4v) is 3.78. The van der Waals surface area contributed by atoms with Crippen LogP contribution in [-0.2, 0) is 4.74 Å². The number of rotatable bonds is 4. The Balaban J connectivity index is 1.45. The summed E-state index contributed by atoms with van der Waals surface area (Å²) in [5.41, 5.74) is -0.0325. The van der Waals surface area contributed by atoms with Gasteiger partial charge < -0.3 is 19.4 Å². The molecule has 1 aromatic carbocycles. The van der Waals surface area contributed by atoms with E-state index in [0.29, 0.717) is 45.2 Å². The summed E-state index contributed by atoms with van der Waals surface area (Å²) in [6, 6.07) is 8.07. The van der Waals surface area contributed by atoms with E-state index in [1.165, 1.54) is 12.1 Å². The molecule has 1 amide bonds. The van der Waals surface area contributed by atoms with Gasteiger partial charge in [-0.1, -0.05) is 12.1 Å². The number of para-hydroxylation sites is 1. The Kier molecular flexibility index (Phi) is 5.75. The number of ether oxygens (including phenoxy) is 1. The van der Waals surface area contributed by atoms with E-state index in [0.717, 1.165) is 24.7 Å². The molecule has 2 saturated heterocycles. The second-order valence-electron chi connectivity index (χ2n) is 7.28. The first-order valence-corrected chi connectivity index (χ1v) is 9.99. The van der Waals surface area contributed by atoms with E-state index in [2.05, 4.69) is 19.8 Å². The molecule has 158 valence electrons. The van der Waals surface area contributed by atoms with Gasteiger partial charge in [0, 0.05) is 51.4 Å². The van der Waals surface area contributed by atoms with Crippen LogP contribution in [0.2, 0.25) is 0 Å². The molecule has 10 heteroatoms. The summed E-state index contributed by atoms with van der Waals surface area (Å²) in [4.78, 5) is 38.7. The van der Waals surface area contributed by atoms with E-state index in [1.807, 2.05) is 13.0 Å². The van der Waals surface area contributed by atoms with Crippen LogP contribution in [0.25, 0.3) is 0 Å². The van der Waals surface area contributed by atoms with Gasteiger partial charge in [0.2, 0.25) is 0 Å². The van der Waals surface area contributed by atoms with Gasteiger partial charge in [-0.25, -0.2) is 9.97 Å². The molecule has 2 fully saturated rings. The molecule has 0 saturated carbocycles. The lowest BCUT2D eigenvalue weighted by Gasteiger charge is -2.36. The van der Waals surface area contributed by atoms with Crippen LogP contribution in [0.4, 0.5) is 17.3 Å². The van der Waals surface area contributed by atoms with Gasteiger partial charge in [0.25, 0.3) is 11.6 Å². The number of aromatic nitrogens is 2. The lowest BCUT2D eigenvalue weighted by Crippen LogP contribution is -2.49. The van der Waals surface area contributed by atoms with E-state index in [1.54, 1.807) is 17.0 Å².